The Morgan fingerprint density at radius 3 is 2.29 bits per heavy atom. The Bertz CT molecular complexity index is 1300. The number of likely N-dealkylation sites (tertiary alicyclic amines) is 1. The van der Waals surface area contributed by atoms with Crippen LogP contribution in [0.5, 0.6) is 5.75 Å². The summed E-state index contributed by atoms with van der Waals surface area (Å²) in [6.07, 6.45) is 2.96. The highest BCUT2D eigenvalue weighted by molar-refractivity contribution is 6.35. The van der Waals surface area contributed by atoms with Gasteiger partial charge in [0, 0.05) is 53.4 Å². The maximum atomic E-state index is 12.9. The number of carbonyl (C=O) groups excluding carboxylic acids is 2. The topological polar surface area (TPSA) is 133 Å². The SMILES string of the molecule is CC(C)=CCN1C(=O)CCC1(CCC(=O)O)CCC(=O)N[C@@H](Cc1ccc(OCc2c(Cl)cccc2Cl)cc1)C(=O)O. The van der Waals surface area contributed by atoms with E-state index in [4.69, 9.17) is 27.9 Å². The number of amides is 2. The zero-order valence-corrected chi connectivity index (χ0v) is 25.2. The van der Waals surface area contributed by atoms with E-state index < -0.39 is 29.4 Å². The number of hydrogen-bond acceptors (Lipinski definition) is 5. The van der Waals surface area contributed by atoms with Crippen LogP contribution in [0.25, 0.3) is 0 Å². The van der Waals surface area contributed by atoms with Gasteiger partial charge in [-0.05, 0) is 62.9 Å². The predicted molar refractivity (Wildman–Crippen MR) is 160 cm³/mol. The molecule has 0 aromatic heterocycles. The second-order valence-corrected chi connectivity index (χ2v) is 11.5. The number of carbonyl (C=O) groups is 4. The first-order valence-corrected chi connectivity index (χ1v) is 14.5. The number of carboxylic acid groups (broad SMARTS) is 2. The van der Waals surface area contributed by atoms with Crippen molar-refractivity contribution in [1.29, 1.82) is 0 Å². The summed E-state index contributed by atoms with van der Waals surface area (Å²) in [5, 5.41) is 22.7. The quantitative estimate of drug-likeness (QED) is 0.219. The van der Waals surface area contributed by atoms with E-state index in [9.17, 15) is 29.4 Å². The van der Waals surface area contributed by atoms with Gasteiger partial charge in [-0.3, -0.25) is 14.4 Å². The molecular formula is C31H36Cl2N2O7. The van der Waals surface area contributed by atoms with Crippen molar-refractivity contribution in [3.05, 3.63) is 75.3 Å². The van der Waals surface area contributed by atoms with Crippen LogP contribution < -0.4 is 10.1 Å². The monoisotopic (exact) mass is 618 g/mol. The van der Waals surface area contributed by atoms with Gasteiger partial charge in [-0.25, -0.2) is 4.79 Å². The third-order valence-electron chi connectivity index (χ3n) is 7.42. The Kier molecular flexibility index (Phi) is 11.8. The molecule has 1 aliphatic rings. The molecule has 1 saturated heterocycles. The van der Waals surface area contributed by atoms with Gasteiger partial charge in [0.25, 0.3) is 0 Å². The summed E-state index contributed by atoms with van der Waals surface area (Å²) < 4.78 is 5.77. The minimum atomic E-state index is -1.18. The number of benzene rings is 2. The van der Waals surface area contributed by atoms with Gasteiger partial charge in [0.15, 0.2) is 0 Å². The number of hydrogen-bond donors (Lipinski definition) is 3. The van der Waals surface area contributed by atoms with Crippen LogP contribution in [0.1, 0.15) is 63.5 Å². The molecule has 1 fully saturated rings. The average molecular weight is 620 g/mol. The average Bonchev–Trinajstić information content (AvgIpc) is 3.24. The summed E-state index contributed by atoms with van der Waals surface area (Å²) in [5.41, 5.74) is 1.58. The van der Waals surface area contributed by atoms with Crippen molar-refractivity contribution in [2.45, 2.75) is 77.0 Å². The van der Waals surface area contributed by atoms with E-state index in [1.165, 1.54) is 0 Å². The Balaban J connectivity index is 1.61. The molecule has 226 valence electrons. The number of ether oxygens (including phenoxy) is 1. The molecule has 0 spiro atoms. The van der Waals surface area contributed by atoms with E-state index in [2.05, 4.69) is 5.32 Å². The van der Waals surface area contributed by atoms with Crippen LogP contribution in [0.15, 0.2) is 54.1 Å². The second-order valence-electron chi connectivity index (χ2n) is 10.7. The van der Waals surface area contributed by atoms with Crippen LogP contribution >= 0.6 is 23.2 Å². The molecule has 1 aliphatic heterocycles. The summed E-state index contributed by atoms with van der Waals surface area (Å²) in [5.74, 6) is -2.17. The molecule has 2 aromatic rings. The fourth-order valence-corrected chi connectivity index (χ4v) is 5.53. The molecule has 2 aromatic carbocycles. The van der Waals surface area contributed by atoms with E-state index in [0.29, 0.717) is 39.9 Å². The fourth-order valence-electron chi connectivity index (χ4n) is 5.02. The molecule has 9 nitrogen and oxygen atoms in total. The summed E-state index contributed by atoms with van der Waals surface area (Å²) in [6.45, 7) is 4.33. The Morgan fingerprint density at radius 1 is 1.05 bits per heavy atom. The van der Waals surface area contributed by atoms with Crippen molar-refractivity contribution < 1.29 is 34.1 Å². The van der Waals surface area contributed by atoms with Crippen LogP contribution in [-0.4, -0.2) is 57.0 Å². The summed E-state index contributed by atoms with van der Waals surface area (Å²) in [4.78, 5) is 50.6. The van der Waals surface area contributed by atoms with Crippen LogP contribution in [0.2, 0.25) is 10.0 Å². The van der Waals surface area contributed by atoms with Crippen molar-refractivity contribution in [2.75, 3.05) is 6.54 Å². The maximum Gasteiger partial charge on any atom is 0.326 e. The van der Waals surface area contributed by atoms with Gasteiger partial charge >= 0.3 is 11.9 Å². The summed E-state index contributed by atoms with van der Waals surface area (Å²) in [7, 11) is 0. The molecule has 2 amide bonds. The minimum absolute atomic E-state index is 0.0423. The highest BCUT2D eigenvalue weighted by atomic mass is 35.5. The molecule has 3 rings (SSSR count). The smallest absolute Gasteiger partial charge is 0.326 e. The van der Waals surface area contributed by atoms with Gasteiger partial charge in [-0.15, -0.1) is 0 Å². The van der Waals surface area contributed by atoms with Gasteiger partial charge in [0.1, 0.15) is 18.4 Å². The van der Waals surface area contributed by atoms with Crippen molar-refractivity contribution >= 4 is 47.0 Å². The molecule has 2 atom stereocenters. The van der Waals surface area contributed by atoms with E-state index >= 15 is 0 Å². The Morgan fingerprint density at radius 2 is 1.69 bits per heavy atom. The lowest BCUT2D eigenvalue weighted by Crippen LogP contribution is -2.48. The lowest BCUT2D eigenvalue weighted by atomic mass is 9.85. The first-order valence-electron chi connectivity index (χ1n) is 13.7. The number of carboxylic acids is 2. The first kappa shape index (κ1) is 32.9. The van der Waals surface area contributed by atoms with E-state index in [1.807, 2.05) is 19.9 Å². The molecule has 1 unspecified atom stereocenters. The summed E-state index contributed by atoms with van der Waals surface area (Å²) >= 11 is 12.4. The van der Waals surface area contributed by atoms with Crippen molar-refractivity contribution in [3.63, 3.8) is 0 Å². The Labute approximate surface area is 255 Å². The fraction of sp³-hybridized carbons (Fsp3) is 0.419. The standard InChI is InChI=1S/C31H36Cl2N2O7/c1-20(2)13-17-35-28(37)11-15-31(35,16-12-29(38)39)14-10-27(36)34-26(30(40)41)18-21-6-8-22(9-7-21)42-19-23-24(32)4-3-5-25(23)33/h3-9,13,26H,10-12,14-19H2,1-2H3,(H,34,36)(H,38,39)(H,40,41)/t26-,31?/m0/s1. The molecule has 11 heteroatoms. The van der Waals surface area contributed by atoms with Crippen molar-refractivity contribution in [3.8, 4) is 5.75 Å². The third kappa shape index (κ3) is 9.22. The highest BCUT2D eigenvalue weighted by Crippen LogP contribution is 2.38. The third-order valence-corrected chi connectivity index (χ3v) is 8.13. The molecule has 0 saturated carbocycles. The molecule has 1 heterocycles. The van der Waals surface area contributed by atoms with Gasteiger partial charge in [0.2, 0.25) is 11.8 Å². The first-order chi connectivity index (χ1) is 19.9. The van der Waals surface area contributed by atoms with Gasteiger partial charge in [-0.1, -0.05) is 53.1 Å². The molecule has 42 heavy (non-hydrogen) atoms. The van der Waals surface area contributed by atoms with Crippen molar-refractivity contribution in [1.82, 2.24) is 10.2 Å². The number of halogens is 2. The Hall–Kier alpha value is -3.56. The largest absolute Gasteiger partial charge is 0.489 e. The van der Waals surface area contributed by atoms with Crippen molar-refractivity contribution in [2.24, 2.45) is 0 Å². The van der Waals surface area contributed by atoms with Crippen LogP contribution in [0, 0.1) is 0 Å². The van der Waals surface area contributed by atoms with Crippen LogP contribution in [0.4, 0.5) is 0 Å². The second kappa shape index (κ2) is 15.1. The van der Waals surface area contributed by atoms with E-state index in [-0.39, 0.29) is 51.0 Å². The van der Waals surface area contributed by atoms with E-state index in [0.717, 1.165) is 5.57 Å². The number of nitrogens with one attached hydrogen (secondary N) is 1. The number of nitrogens with zero attached hydrogens (tertiary/aromatic N) is 1. The molecule has 3 N–H and O–H groups in total. The lowest BCUT2D eigenvalue weighted by molar-refractivity contribution is -0.142. The van der Waals surface area contributed by atoms with Gasteiger partial charge < -0.3 is 25.2 Å². The number of rotatable bonds is 15. The number of aliphatic carboxylic acids is 2. The zero-order chi connectivity index (χ0) is 30.9. The molecule has 0 radical (unpaired) electrons. The highest BCUT2D eigenvalue weighted by Gasteiger charge is 2.44. The molecule has 0 aliphatic carbocycles. The van der Waals surface area contributed by atoms with Gasteiger partial charge in [0.05, 0.1) is 0 Å². The zero-order valence-electron chi connectivity index (χ0n) is 23.7. The predicted octanol–water partition coefficient (Wildman–Crippen LogP) is 5.66. The van der Waals surface area contributed by atoms with E-state index in [1.54, 1.807) is 47.4 Å². The lowest BCUT2D eigenvalue weighted by Gasteiger charge is -2.38. The maximum absolute atomic E-state index is 12.9. The van der Waals surface area contributed by atoms with Crippen LogP contribution in [-0.2, 0) is 32.2 Å². The normalized spacial score (nSPS) is 17.0. The van der Waals surface area contributed by atoms with Gasteiger partial charge in [-0.2, -0.15) is 0 Å². The number of allylic oxidation sites excluding steroid dienone is 1. The van der Waals surface area contributed by atoms with Crippen LogP contribution in [0.3, 0.4) is 0 Å². The molecule has 0 bridgehead atoms. The molecular weight excluding hydrogens is 583 g/mol. The summed E-state index contributed by atoms with van der Waals surface area (Å²) in [6, 6.07) is 10.9. The minimum Gasteiger partial charge on any atom is -0.489 e.